The molecule has 0 bridgehead atoms. The van der Waals surface area contributed by atoms with Crippen molar-refractivity contribution >= 4 is 5.91 Å². The van der Waals surface area contributed by atoms with Gasteiger partial charge in [0, 0.05) is 26.1 Å². The van der Waals surface area contributed by atoms with Gasteiger partial charge in [-0.2, -0.15) is 0 Å². The number of rotatable bonds is 5. The molecular weight excluding hydrogens is 278 g/mol. The Morgan fingerprint density at radius 2 is 2.29 bits per heavy atom. The highest BCUT2D eigenvalue weighted by atomic mass is 19.1. The number of aryl methyl sites for hydroxylation is 1. The summed E-state index contributed by atoms with van der Waals surface area (Å²) < 4.78 is 32.0. The summed E-state index contributed by atoms with van der Waals surface area (Å²) in [6.07, 6.45) is 0.294. The zero-order chi connectivity index (χ0) is 15.2. The van der Waals surface area contributed by atoms with E-state index in [0.717, 1.165) is 31.3 Å². The average molecular weight is 298 g/mol. The van der Waals surface area contributed by atoms with E-state index in [2.05, 4.69) is 10.2 Å². The van der Waals surface area contributed by atoms with Crippen LogP contribution in [0.4, 0.5) is 8.78 Å². The third kappa shape index (κ3) is 5.06. The van der Waals surface area contributed by atoms with E-state index in [1.54, 1.807) is 0 Å². The SMILES string of the molecule is CN1CCO[C@@H](CNC(=O)CCc2cc(F)ccc2F)C1. The number of halogens is 2. The first-order valence-electron chi connectivity index (χ1n) is 7.05. The summed E-state index contributed by atoms with van der Waals surface area (Å²) in [6.45, 7) is 2.77. The first-order chi connectivity index (χ1) is 10.0. The lowest BCUT2D eigenvalue weighted by molar-refractivity contribution is -0.122. The molecule has 1 heterocycles. The molecule has 1 amide bonds. The number of amides is 1. The number of hydrogen-bond donors (Lipinski definition) is 1. The maximum Gasteiger partial charge on any atom is 0.220 e. The van der Waals surface area contributed by atoms with E-state index >= 15 is 0 Å². The van der Waals surface area contributed by atoms with Crippen molar-refractivity contribution in [3.63, 3.8) is 0 Å². The highest BCUT2D eigenvalue weighted by Crippen LogP contribution is 2.11. The van der Waals surface area contributed by atoms with Gasteiger partial charge in [-0.1, -0.05) is 0 Å². The molecule has 0 unspecified atom stereocenters. The monoisotopic (exact) mass is 298 g/mol. The van der Waals surface area contributed by atoms with Gasteiger partial charge in [-0.3, -0.25) is 4.79 Å². The van der Waals surface area contributed by atoms with Crippen molar-refractivity contribution in [1.29, 1.82) is 0 Å². The van der Waals surface area contributed by atoms with Crippen LogP contribution in [0, 0.1) is 11.6 Å². The number of carbonyl (C=O) groups is 1. The Morgan fingerprint density at radius 1 is 1.48 bits per heavy atom. The van der Waals surface area contributed by atoms with Crippen molar-refractivity contribution in [3.05, 3.63) is 35.4 Å². The molecule has 1 aromatic carbocycles. The summed E-state index contributed by atoms with van der Waals surface area (Å²) in [4.78, 5) is 13.9. The number of hydrogen-bond acceptors (Lipinski definition) is 3. The fourth-order valence-corrected chi connectivity index (χ4v) is 2.29. The van der Waals surface area contributed by atoms with Gasteiger partial charge in [0.15, 0.2) is 0 Å². The van der Waals surface area contributed by atoms with Crippen molar-refractivity contribution in [2.45, 2.75) is 18.9 Å². The van der Waals surface area contributed by atoms with E-state index in [4.69, 9.17) is 4.74 Å². The number of benzene rings is 1. The Labute approximate surface area is 123 Å². The number of morpholine rings is 1. The van der Waals surface area contributed by atoms with Crippen molar-refractivity contribution in [3.8, 4) is 0 Å². The van der Waals surface area contributed by atoms with Gasteiger partial charge >= 0.3 is 0 Å². The normalized spacial score (nSPS) is 19.5. The summed E-state index contributed by atoms with van der Waals surface area (Å²) in [5, 5.41) is 2.77. The van der Waals surface area contributed by atoms with Crippen LogP contribution >= 0.6 is 0 Å². The molecule has 0 aromatic heterocycles. The topological polar surface area (TPSA) is 41.6 Å². The Kier molecular flexibility index (Phi) is 5.64. The zero-order valence-electron chi connectivity index (χ0n) is 12.1. The lowest BCUT2D eigenvalue weighted by Crippen LogP contribution is -2.45. The molecule has 0 radical (unpaired) electrons. The summed E-state index contributed by atoms with van der Waals surface area (Å²) in [7, 11) is 2.00. The standard InChI is InChI=1S/C15H20F2N2O2/c1-19-6-7-21-13(10-19)9-18-15(20)5-2-11-8-12(16)3-4-14(11)17/h3-4,8,13H,2,5-7,9-10H2,1H3,(H,18,20)/t13-/m0/s1. The number of likely N-dealkylation sites (N-methyl/N-ethyl adjacent to an activating group) is 1. The first kappa shape index (κ1) is 15.9. The summed E-state index contributed by atoms with van der Waals surface area (Å²) >= 11 is 0. The minimum atomic E-state index is -0.495. The summed E-state index contributed by atoms with van der Waals surface area (Å²) in [6, 6.07) is 3.27. The largest absolute Gasteiger partial charge is 0.374 e. The van der Waals surface area contributed by atoms with Crippen LogP contribution in [0.2, 0.25) is 0 Å². The molecule has 116 valence electrons. The second kappa shape index (κ2) is 7.47. The molecule has 0 spiro atoms. The van der Waals surface area contributed by atoms with Gasteiger partial charge in [0.1, 0.15) is 11.6 Å². The van der Waals surface area contributed by atoms with Gasteiger partial charge in [0.25, 0.3) is 0 Å². The molecule has 0 saturated carbocycles. The molecule has 6 heteroatoms. The van der Waals surface area contributed by atoms with Crippen molar-refractivity contribution < 1.29 is 18.3 Å². The Balaban J connectivity index is 1.73. The van der Waals surface area contributed by atoms with Gasteiger partial charge in [0.2, 0.25) is 5.91 Å². The van der Waals surface area contributed by atoms with Crippen LogP contribution in [0.25, 0.3) is 0 Å². The molecule has 1 aromatic rings. The van der Waals surface area contributed by atoms with Crippen LogP contribution in [0.15, 0.2) is 18.2 Å². The van der Waals surface area contributed by atoms with Gasteiger partial charge in [-0.15, -0.1) is 0 Å². The molecular formula is C15H20F2N2O2. The molecule has 0 aliphatic carbocycles. The van der Waals surface area contributed by atoms with Crippen molar-refractivity contribution in [1.82, 2.24) is 10.2 Å². The number of ether oxygens (including phenoxy) is 1. The highest BCUT2D eigenvalue weighted by Gasteiger charge is 2.18. The van der Waals surface area contributed by atoms with Gasteiger partial charge in [0.05, 0.1) is 12.7 Å². The fraction of sp³-hybridized carbons (Fsp3) is 0.533. The predicted molar refractivity (Wildman–Crippen MR) is 74.9 cm³/mol. The lowest BCUT2D eigenvalue weighted by Gasteiger charge is -2.30. The third-order valence-corrected chi connectivity index (χ3v) is 3.50. The van der Waals surface area contributed by atoms with Crippen LogP contribution in [0.1, 0.15) is 12.0 Å². The molecule has 1 fully saturated rings. The van der Waals surface area contributed by atoms with E-state index in [9.17, 15) is 13.6 Å². The fourth-order valence-electron chi connectivity index (χ4n) is 2.29. The molecule has 4 nitrogen and oxygen atoms in total. The Hall–Kier alpha value is -1.53. The van der Waals surface area contributed by atoms with E-state index in [1.807, 2.05) is 7.05 Å². The molecule has 1 saturated heterocycles. The van der Waals surface area contributed by atoms with Gasteiger partial charge in [-0.25, -0.2) is 8.78 Å². The number of nitrogens with one attached hydrogen (secondary N) is 1. The highest BCUT2D eigenvalue weighted by molar-refractivity contribution is 5.76. The molecule has 1 aliphatic heterocycles. The molecule has 21 heavy (non-hydrogen) atoms. The quantitative estimate of drug-likeness (QED) is 0.892. The van der Waals surface area contributed by atoms with Crippen LogP contribution in [0.3, 0.4) is 0 Å². The molecule has 1 aliphatic rings. The van der Waals surface area contributed by atoms with Crippen LogP contribution in [0.5, 0.6) is 0 Å². The maximum atomic E-state index is 13.4. The van der Waals surface area contributed by atoms with E-state index in [-0.39, 0.29) is 30.4 Å². The van der Waals surface area contributed by atoms with Crippen LogP contribution in [-0.4, -0.2) is 50.2 Å². The number of carbonyl (C=O) groups excluding carboxylic acids is 1. The average Bonchev–Trinajstić information content (AvgIpc) is 2.46. The van der Waals surface area contributed by atoms with E-state index in [0.29, 0.717) is 13.2 Å². The van der Waals surface area contributed by atoms with Gasteiger partial charge in [-0.05, 0) is 37.2 Å². The minimum absolute atomic E-state index is 0.0152. The minimum Gasteiger partial charge on any atom is -0.374 e. The smallest absolute Gasteiger partial charge is 0.220 e. The first-order valence-corrected chi connectivity index (χ1v) is 7.05. The second-order valence-corrected chi connectivity index (χ2v) is 5.29. The summed E-state index contributed by atoms with van der Waals surface area (Å²) in [5.41, 5.74) is 0.221. The predicted octanol–water partition coefficient (Wildman–Crippen LogP) is 1.34. The Morgan fingerprint density at radius 3 is 3.05 bits per heavy atom. The van der Waals surface area contributed by atoms with E-state index in [1.165, 1.54) is 0 Å². The zero-order valence-corrected chi connectivity index (χ0v) is 12.1. The molecule has 1 N–H and O–H groups in total. The lowest BCUT2D eigenvalue weighted by atomic mass is 10.1. The molecule has 2 rings (SSSR count). The van der Waals surface area contributed by atoms with E-state index < -0.39 is 11.6 Å². The molecule has 1 atom stereocenters. The van der Waals surface area contributed by atoms with Crippen molar-refractivity contribution in [2.24, 2.45) is 0 Å². The maximum absolute atomic E-state index is 13.4. The van der Waals surface area contributed by atoms with Crippen molar-refractivity contribution in [2.75, 3.05) is 33.3 Å². The van der Waals surface area contributed by atoms with Crippen LogP contribution in [-0.2, 0) is 16.0 Å². The van der Waals surface area contributed by atoms with Gasteiger partial charge < -0.3 is 15.0 Å². The summed E-state index contributed by atoms with van der Waals surface area (Å²) in [5.74, 6) is -1.16. The third-order valence-electron chi connectivity index (χ3n) is 3.50. The second-order valence-electron chi connectivity index (χ2n) is 5.29. The Bertz CT molecular complexity index is 497. The number of nitrogens with zero attached hydrogens (tertiary/aromatic N) is 1. The van der Waals surface area contributed by atoms with Crippen LogP contribution < -0.4 is 5.32 Å².